The summed E-state index contributed by atoms with van der Waals surface area (Å²) in [6.07, 6.45) is 0. The first kappa shape index (κ1) is 15.4. The van der Waals surface area contributed by atoms with Gasteiger partial charge in [0.15, 0.2) is 0 Å². The standard InChI is InChI=1S/C21H18N2O2/c1-13-17-18(21(25)22(13)2)19(23(3)20(17)24)16-11-7-10-15(12-16)14-8-5-4-6-9-14/h4-12H,1-3H3. The molecule has 0 spiro atoms. The summed E-state index contributed by atoms with van der Waals surface area (Å²) in [5.41, 5.74) is 5.47. The summed E-state index contributed by atoms with van der Waals surface area (Å²) >= 11 is 0. The lowest BCUT2D eigenvalue weighted by Gasteiger charge is -2.18. The first-order valence-electron chi connectivity index (χ1n) is 8.18. The van der Waals surface area contributed by atoms with E-state index in [0.717, 1.165) is 16.7 Å². The van der Waals surface area contributed by atoms with E-state index in [1.165, 1.54) is 0 Å². The van der Waals surface area contributed by atoms with Gasteiger partial charge < -0.3 is 9.80 Å². The maximum Gasteiger partial charge on any atom is 0.260 e. The molecule has 0 unspecified atom stereocenters. The molecule has 0 bridgehead atoms. The van der Waals surface area contributed by atoms with E-state index < -0.39 is 0 Å². The Morgan fingerprint density at radius 2 is 1.28 bits per heavy atom. The first-order chi connectivity index (χ1) is 12.0. The molecule has 0 aliphatic carbocycles. The van der Waals surface area contributed by atoms with E-state index in [4.69, 9.17) is 0 Å². The number of hydrogen-bond acceptors (Lipinski definition) is 2. The van der Waals surface area contributed by atoms with Gasteiger partial charge in [0.2, 0.25) is 0 Å². The number of hydrogen-bond donors (Lipinski definition) is 0. The molecule has 0 atom stereocenters. The van der Waals surface area contributed by atoms with E-state index in [0.29, 0.717) is 22.5 Å². The van der Waals surface area contributed by atoms with Crippen molar-refractivity contribution < 1.29 is 9.59 Å². The van der Waals surface area contributed by atoms with Crippen molar-refractivity contribution in [1.82, 2.24) is 9.80 Å². The Morgan fingerprint density at radius 3 is 2.00 bits per heavy atom. The van der Waals surface area contributed by atoms with Crippen LogP contribution in [0.1, 0.15) is 12.5 Å². The molecule has 4 rings (SSSR count). The molecule has 0 radical (unpaired) electrons. The Labute approximate surface area is 146 Å². The average molecular weight is 330 g/mol. The molecular formula is C21H18N2O2. The van der Waals surface area contributed by atoms with Crippen LogP contribution in [0.5, 0.6) is 0 Å². The van der Waals surface area contributed by atoms with Gasteiger partial charge in [-0.25, -0.2) is 0 Å². The van der Waals surface area contributed by atoms with Crippen LogP contribution in [0, 0.1) is 0 Å². The van der Waals surface area contributed by atoms with Crippen LogP contribution < -0.4 is 0 Å². The van der Waals surface area contributed by atoms with Crippen molar-refractivity contribution in [1.29, 1.82) is 0 Å². The summed E-state index contributed by atoms with van der Waals surface area (Å²) in [4.78, 5) is 28.5. The van der Waals surface area contributed by atoms with Gasteiger partial charge in [-0.1, -0.05) is 48.5 Å². The van der Waals surface area contributed by atoms with Crippen LogP contribution in [0.3, 0.4) is 0 Å². The number of carbonyl (C=O) groups excluding carboxylic acids is 2. The van der Waals surface area contributed by atoms with E-state index >= 15 is 0 Å². The number of rotatable bonds is 2. The lowest BCUT2D eigenvalue weighted by Crippen LogP contribution is -2.24. The molecule has 0 fully saturated rings. The van der Waals surface area contributed by atoms with E-state index in [1.54, 1.807) is 23.9 Å². The summed E-state index contributed by atoms with van der Waals surface area (Å²) in [7, 11) is 3.44. The van der Waals surface area contributed by atoms with E-state index in [9.17, 15) is 9.59 Å². The summed E-state index contributed by atoms with van der Waals surface area (Å²) in [5, 5.41) is 0. The van der Waals surface area contributed by atoms with Crippen molar-refractivity contribution in [3.05, 3.63) is 77.0 Å². The van der Waals surface area contributed by atoms with Crippen LogP contribution in [0.2, 0.25) is 0 Å². The lowest BCUT2D eigenvalue weighted by molar-refractivity contribution is -0.123. The molecular weight excluding hydrogens is 312 g/mol. The van der Waals surface area contributed by atoms with Crippen molar-refractivity contribution in [2.24, 2.45) is 0 Å². The monoisotopic (exact) mass is 330 g/mol. The van der Waals surface area contributed by atoms with Crippen LogP contribution in [0.4, 0.5) is 0 Å². The smallest absolute Gasteiger partial charge is 0.260 e. The van der Waals surface area contributed by atoms with Crippen molar-refractivity contribution in [2.75, 3.05) is 14.1 Å². The summed E-state index contributed by atoms with van der Waals surface area (Å²) in [6, 6.07) is 18.0. The van der Waals surface area contributed by atoms with Gasteiger partial charge in [-0.3, -0.25) is 9.59 Å². The lowest BCUT2D eigenvalue weighted by atomic mass is 9.99. The third-order valence-corrected chi connectivity index (χ3v) is 4.97. The van der Waals surface area contributed by atoms with Gasteiger partial charge in [-0.15, -0.1) is 0 Å². The largest absolute Gasteiger partial charge is 0.315 e. The van der Waals surface area contributed by atoms with Crippen LogP contribution >= 0.6 is 0 Å². The minimum atomic E-state index is -0.120. The van der Waals surface area contributed by atoms with Crippen LogP contribution in [0.15, 0.2) is 71.4 Å². The van der Waals surface area contributed by atoms with Crippen molar-refractivity contribution in [3.8, 4) is 11.1 Å². The highest BCUT2D eigenvalue weighted by molar-refractivity contribution is 6.25. The molecule has 4 nitrogen and oxygen atoms in total. The van der Waals surface area contributed by atoms with Gasteiger partial charge in [-0.2, -0.15) is 0 Å². The molecule has 0 saturated heterocycles. The van der Waals surface area contributed by atoms with E-state index in [1.807, 2.05) is 61.5 Å². The number of carbonyl (C=O) groups is 2. The number of allylic oxidation sites excluding steroid dienone is 1. The van der Waals surface area contributed by atoms with Crippen LogP contribution in [0.25, 0.3) is 16.8 Å². The Hall–Kier alpha value is -3.14. The van der Waals surface area contributed by atoms with Crippen LogP contribution in [-0.2, 0) is 9.59 Å². The highest BCUT2D eigenvalue weighted by atomic mass is 16.2. The third-order valence-electron chi connectivity index (χ3n) is 4.97. The second-order valence-corrected chi connectivity index (χ2v) is 6.36. The SMILES string of the molecule is CC1=C2C(=O)N(C)C(c3cccc(-c4ccccc4)c3)=C2C(=O)N1C. The molecule has 2 aromatic carbocycles. The zero-order chi connectivity index (χ0) is 17.7. The normalized spacial score (nSPS) is 17.1. The molecule has 2 aliphatic rings. The quantitative estimate of drug-likeness (QED) is 0.848. The maximum absolute atomic E-state index is 12.7. The average Bonchev–Trinajstić information content (AvgIpc) is 3.03. The molecule has 2 aliphatic heterocycles. The summed E-state index contributed by atoms with van der Waals surface area (Å²) in [6.45, 7) is 1.81. The minimum Gasteiger partial charge on any atom is -0.315 e. The minimum absolute atomic E-state index is 0.120. The molecule has 0 aromatic heterocycles. The molecule has 0 N–H and O–H groups in total. The topological polar surface area (TPSA) is 40.6 Å². The van der Waals surface area contributed by atoms with Gasteiger partial charge in [0.1, 0.15) is 0 Å². The fraction of sp³-hybridized carbons (Fsp3) is 0.143. The maximum atomic E-state index is 12.7. The predicted molar refractivity (Wildman–Crippen MR) is 97.0 cm³/mol. The predicted octanol–water partition coefficient (Wildman–Crippen LogP) is 3.28. The fourth-order valence-corrected chi connectivity index (χ4v) is 3.51. The molecule has 25 heavy (non-hydrogen) atoms. The van der Waals surface area contributed by atoms with Gasteiger partial charge in [0.05, 0.1) is 16.8 Å². The second-order valence-electron chi connectivity index (χ2n) is 6.36. The first-order valence-corrected chi connectivity index (χ1v) is 8.18. The van der Waals surface area contributed by atoms with Gasteiger partial charge in [0, 0.05) is 19.8 Å². The summed E-state index contributed by atoms with van der Waals surface area (Å²) in [5.74, 6) is -0.240. The molecule has 2 aromatic rings. The van der Waals surface area contributed by atoms with E-state index in [2.05, 4.69) is 0 Å². The van der Waals surface area contributed by atoms with Gasteiger partial charge in [0.25, 0.3) is 11.8 Å². The van der Waals surface area contributed by atoms with Crippen molar-refractivity contribution in [3.63, 3.8) is 0 Å². The van der Waals surface area contributed by atoms with Crippen molar-refractivity contribution in [2.45, 2.75) is 6.92 Å². The Balaban J connectivity index is 1.90. The Kier molecular flexibility index (Phi) is 3.35. The van der Waals surface area contributed by atoms with Gasteiger partial charge in [-0.05, 0) is 29.7 Å². The summed E-state index contributed by atoms with van der Waals surface area (Å²) < 4.78 is 0. The number of likely N-dealkylation sites (N-methyl/N-ethyl adjacent to an activating group) is 2. The Morgan fingerprint density at radius 1 is 0.680 bits per heavy atom. The molecule has 4 heteroatoms. The highest BCUT2D eigenvalue weighted by Gasteiger charge is 2.44. The molecule has 124 valence electrons. The number of amides is 2. The highest BCUT2D eigenvalue weighted by Crippen LogP contribution is 2.42. The van der Waals surface area contributed by atoms with Crippen LogP contribution in [-0.4, -0.2) is 35.7 Å². The number of benzene rings is 2. The second kappa shape index (κ2) is 5.45. The third kappa shape index (κ3) is 2.14. The molecule has 2 heterocycles. The zero-order valence-electron chi connectivity index (χ0n) is 14.4. The Bertz CT molecular complexity index is 970. The van der Waals surface area contributed by atoms with Crippen molar-refractivity contribution >= 4 is 17.5 Å². The molecule has 2 amide bonds. The van der Waals surface area contributed by atoms with Gasteiger partial charge >= 0.3 is 0 Å². The van der Waals surface area contributed by atoms with E-state index in [-0.39, 0.29) is 11.8 Å². The zero-order valence-corrected chi connectivity index (χ0v) is 14.4. The molecule has 0 saturated carbocycles. The fourth-order valence-electron chi connectivity index (χ4n) is 3.51. The number of nitrogens with zero attached hydrogens (tertiary/aromatic N) is 2. The number of fused-ring (bicyclic) bond motifs is 1.